The molecule has 0 radical (unpaired) electrons. The lowest BCUT2D eigenvalue weighted by Gasteiger charge is -2.13. The molecule has 0 bridgehead atoms. The lowest BCUT2D eigenvalue weighted by atomic mass is 10.0. The van der Waals surface area contributed by atoms with Crippen LogP contribution < -0.4 is 4.74 Å². The number of nitrogens with zero attached hydrogens (tertiary/aromatic N) is 1. The Morgan fingerprint density at radius 1 is 1.11 bits per heavy atom. The Balaban J connectivity index is 1.90. The van der Waals surface area contributed by atoms with Crippen molar-refractivity contribution in [2.75, 3.05) is 6.61 Å². The van der Waals surface area contributed by atoms with E-state index in [1.54, 1.807) is 4.57 Å². The Labute approximate surface area is 216 Å². The molecule has 2 aromatic carbocycles. The van der Waals surface area contributed by atoms with Crippen LogP contribution in [0, 0.1) is 33.6 Å². The molecule has 0 aliphatic heterocycles. The predicted octanol–water partition coefficient (Wildman–Crippen LogP) is 6.91. The summed E-state index contributed by atoms with van der Waals surface area (Å²) in [5, 5.41) is 10.9. The van der Waals surface area contributed by atoms with E-state index in [2.05, 4.69) is 0 Å². The highest BCUT2D eigenvalue weighted by Crippen LogP contribution is 2.34. The maximum absolute atomic E-state index is 13.6. The highest BCUT2D eigenvalue weighted by Gasteiger charge is 2.33. The first-order valence-electron chi connectivity index (χ1n) is 11.8. The molecule has 188 valence electrons. The quantitative estimate of drug-likeness (QED) is 0.235. The van der Waals surface area contributed by atoms with Crippen molar-refractivity contribution in [3.05, 3.63) is 75.1 Å². The smallest absolute Gasteiger partial charge is 0.353 e. The second-order valence-electron chi connectivity index (χ2n) is 9.45. The summed E-state index contributed by atoms with van der Waals surface area (Å²) >= 11 is 4.77. The van der Waals surface area contributed by atoms with E-state index < -0.39 is 17.1 Å². The Kier molecular flexibility index (Phi) is 8.97. The van der Waals surface area contributed by atoms with Crippen LogP contribution in [-0.4, -0.2) is 26.8 Å². The van der Waals surface area contributed by atoms with Crippen molar-refractivity contribution in [2.24, 2.45) is 5.92 Å². The van der Waals surface area contributed by atoms with E-state index in [1.165, 1.54) is 0 Å². The van der Waals surface area contributed by atoms with E-state index >= 15 is 0 Å². The van der Waals surface area contributed by atoms with Crippen LogP contribution in [0.1, 0.15) is 58.7 Å². The number of ether oxygens (including phenoxy) is 1. The van der Waals surface area contributed by atoms with Gasteiger partial charge in [-0.25, -0.2) is 4.79 Å². The van der Waals surface area contributed by atoms with Gasteiger partial charge < -0.3 is 19.0 Å². The molecule has 1 unspecified atom stereocenters. The Hall–Kier alpha value is -2.41. The summed E-state index contributed by atoms with van der Waals surface area (Å²) in [6.45, 7) is 12.7. The third kappa shape index (κ3) is 6.24. The molecule has 0 saturated heterocycles. The van der Waals surface area contributed by atoms with E-state index in [-0.39, 0.29) is 11.6 Å². The zero-order valence-electron chi connectivity index (χ0n) is 21.3. The molecular formula is C28H34ClNO4S. The molecule has 1 atom stereocenters. The second-order valence-corrected chi connectivity index (χ2v) is 11.2. The summed E-state index contributed by atoms with van der Waals surface area (Å²) in [5.41, 5.74) is 4.61. The van der Waals surface area contributed by atoms with Crippen LogP contribution in [0.3, 0.4) is 0 Å². The van der Waals surface area contributed by atoms with E-state index in [0.717, 1.165) is 33.2 Å². The number of halogens is 1. The van der Waals surface area contributed by atoms with Crippen molar-refractivity contribution in [3.63, 3.8) is 0 Å². The molecule has 35 heavy (non-hydrogen) atoms. The number of hydrogen-bond acceptors (Lipinski definition) is 3. The first-order valence-corrected chi connectivity index (χ1v) is 13.4. The highest BCUT2D eigenvalue weighted by atomic mass is 35.5. The van der Waals surface area contributed by atoms with Crippen LogP contribution in [0.15, 0.2) is 46.2 Å². The van der Waals surface area contributed by atoms with Crippen LogP contribution in [0.2, 0.25) is 5.02 Å². The molecule has 0 saturated carbocycles. The fourth-order valence-electron chi connectivity index (χ4n) is 4.33. The summed E-state index contributed by atoms with van der Waals surface area (Å²) in [5.74, 6) is -0.0358. The lowest BCUT2D eigenvalue weighted by molar-refractivity contribution is 0.0682. The van der Waals surface area contributed by atoms with Gasteiger partial charge in [-0.2, -0.15) is 0 Å². The average molecular weight is 516 g/mol. The number of carboxylic acids is 1. The molecule has 3 aromatic rings. The molecule has 0 aliphatic carbocycles. The van der Waals surface area contributed by atoms with E-state index in [4.69, 9.17) is 16.3 Å². The lowest BCUT2D eigenvalue weighted by Crippen LogP contribution is -2.14. The molecule has 0 spiro atoms. The number of aromatic carboxylic acids is 1. The number of benzene rings is 2. The Morgan fingerprint density at radius 3 is 2.26 bits per heavy atom. The third-order valence-electron chi connectivity index (χ3n) is 6.00. The molecule has 3 rings (SSSR count). The second kappa shape index (κ2) is 11.5. The number of aryl methyl sites for hydroxylation is 3. The number of carboxylic acid groups (broad SMARTS) is 1. The molecule has 1 heterocycles. The molecule has 0 aliphatic rings. The highest BCUT2D eigenvalue weighted by molar-refractivity contribution is 7.91. The van der Waals surface area contributed by atoms with Gasteiger partial charge in [0, 0.05) is 28.3 Å². The number of carbonyl (C=O) groups is 1. The van der Waals surface area contributed by atoms with Gasteiger partial charge in [0.2, 0.25) is 0 Å². The molecule has 0 amide bonds. The van der Waals surface area contributed by atoms with E-state index in [0.29, 0.717) is 41.3 Å². The molecule has 1 N–H and O–H groups in total. The summed E-state index contributed by atoms with van der Waals surface area (Å²) in [6.07, 6.45) is 1.15. The minimum Gasteiger partial charge on any atom is -0.606 e. The summed E-state index contributed by atoms with van der Waals surface area (Å²) in [4.78, 5) is 13.7. The van der Waals surface area contributed by atoms with Gasteiger partial charge in [0.1, 0.15) is 11.4 Å². The molecule has 7 heteroatoms. The summed E-state index contributed by atoms with van der Waals surface area (Å²) in [6, 6.07) is 11.4. The van der Waals surface area contributed by atoms with Gasteiger partial charge in [-0.15, -0.1) is 0 Å². The van der Waals surface area contributed by atoms with Gasteiger partial charge in [0.15, 0.2) is 9.79 Å². The summed E-state index contributed by atoms with van der Waals surface area (Å²) in [7, 11) is 0. The van der Waals surface area contributed by atoms with Gasteiger partial charge in [0.05, 0.1) is 12.3 Å². The van der Waals surface area contributed by atoms with Crippen LogP contribution in [-0.2, 0) is 24.1 Å². The Bertz CT molecular complexity index is 1180. The maximum atomic E-state index is 13.6. The van der Waals surface area contributed by atoms with Crippen molar-refractivity contribution in [1.29, 1.82) is 0 Å². The third-order valence-corrected chi connectivity index (χ3v) is 8.21. The Morgan fingerprint density at radius 2 is 1.71 bits per heavy atom. The molecule has 5 nitrogen and oxygen atoms in total. The number of aromatic nitrogens is 1. The normalized spacial score (nSPS) is 12.3. The molecule has 0 fully saturated rings. The fourth-order valence-corrected chi connectivity index (χ4v) is 5.84. The van der Waals surface area contributed by atoms with Crippen molar-refractivity contribution in [3.8, 4) is 5.75 Å². The average Bonchev–Trinajstić information content (AvgIpc) is 3.05. The van der Waals surface area contributed by atoms with Gasteiger partial charge >= 0.3 is 5.97 Å². The van der Waals surface area contributed by atoms with Crippen molar-refractivity contribution < 1.29 is 19.2 Å². The van der Waals surface area contributed by atoms with E-state index in [9.17, 15) is 14.5 Å². The van der Waals surface area contributed by atoms with Gasteiger partial charge in [-0.05, 0) is 81.8 Å². The van der Waals surface area contributed by atoms with Crippen molar-refractivity contribution >= 4 is 28.7 Å². The number of rotatable bonds is 10. The zero-order valence-corrected chi connectivity index (χ0v) is 22.8. The largest absolute Gasteiger partial charge is 0.606 e. The maximum Gasteiger partial charge on any atom is 0.353 e. The molecular weight excluding hydrogens is 482 g/mol. The van der Waals surface area contributed by atoms with E-state index in [1.807, 2.05) is 77.9 Å². The predicted molar refractivity (Wildman–Crippen MR) is 142 cm³/mol. The first kappa shape index (κ1) is 27.2. The van der Waals surface area contributed by atoms with Crippen LogP contribution in [0.5, 0.6) is 5.75 Å². The minimum absolute atomic E-state index is 0.219. The number of hydrogen-bond donors (Lipinski definition) is 1. The van der Waals surface area contributed by atoms with Gasteiger partial charge in [0.25, 0.3) is 0 Å². The minimum atomic E-state index is -1.47. The van der Waals surface area contributed by atoms with Crippen LogP contribution >= 0.6 is 11.6 Å². The van der Waals surface area contributed by atoms with Crippen LogP contribution in [0.4, 0.5) is 0 Å². The van der Waals surface area contributed by atoms with Crippen molar-refractivity contribution in [1.82, 2.24) is 4.57 Å². The first-order chi connectivity index (χ1) is 16.5. The fraction of sp³-hybridized carbons (Fsp3) is 0.393. The van der Waals surface area contributed by atoms with Gasteiger partial charge in [-0.1, -0.05) is 43.1 Å². The topological polar surface area (TPSA) is 74.5 Å². The van der Waals surface area contributed by atoms with Gasteiger partial charge in [-0.3, -0.25) is 0 Å². The summed E-state index contributed by atoms with van der Waals surface area (Å²) < 4.78 is 21.4. The molecule has 1 aromatic heterocycles. The zero-order chi connectivity index (χ0) is 25.9. The standard InChI is InChI=1S/C28H34ClNO4S/c1-17(2)14-24-26(28(31)32)30(12-7-13-34-22-15-19(4)25(29)20(5)16-22)21(6)27(24)35(33)23-10-8-18(3)9-11-23/h8-11,15-17H,7,12-14H2,1-6H3,(H,31,32). The van der Waals surface area contributed by atoms with Crippen molar-refractivity contribution in [2.45, 2.75) is 70.7 Å². The SMILES string of the molecule is Cc1ccc([S+]([O-])c2c(CC(C)C)c(C(=O)O)n(CCCOc3cc(C)c(Cl)c(C)c3)c2C)cc1. The van der Waals surface area contributed by atoms with Crippen LogP contribution in [0.25, 0.3) is 0 Å². The monoisotopic (exact) mass is 515 g/mol.